The van der Waals surface area contributed by atoms with Crippen LogP contribution in [0, 0.1) is 0 Å². The van der Waals surface area contributed by atoms with Crippen molar-refractivity contribution in [3.63, 3.8) is 0 Å². The molecule has 2 N–H and O–H groups in total. The van der Waals surface area contributed by atoms with Crippen molar-refractivity contribution in [1.29, 1.82) is 0 Å². The van der Waals surface area contributed by atoms with E-state index >= 15 is 0 Å². The molecule has 0 saturated carbocycles. The third-order valence-corrected chi connectivity index (χ3v) is 1.21. The van der Waals surface area contributed by atoms with Gasteiger partial charge < -0.3 is 11.8 Å². The Morgan fingerprint density at radius 2 is 2.30 bits per heavy atom. The Bertz CT molecular complexity index is 103. The summed E-state index contributed by atoms with van der Waals surface area (Å²) in [5, 5.41) is 11.0. The summed E-state index contributed by atoms with van der Waals surface area (Å²) in [5.41, 5.74) is 0. The van der Waals surface area contributed by atoms with E-state index in [9.17, 15) is 4.79 Å². The SMILES string of the molecule is CCC(C)NCC(=O)O.[H-].[K+]. The van der Waals surface area contributed by atoms with Crippen LogP contribution in [0.4, 0.5) is 0 Å². The molecule has 56 valence electrons. The molecule has 0 aromatic heterocycles. The predicted molar refractivity (Wildman–Crippen MR) is 36.5 cm³/mol. The molecule has 4 heteroatoms. The molecular weight excluding hydrogens is 157 g/mol. The average Bonchev–Trinajstić information content (AvgIpc) is 1.83. The van der Waals surface area contributed by atoms with E-state index in [2.05, 4.69) is 5.32 Å². The minimum absolute atomic E-state index is 0. The Morgan fingerprint density at radius 1 is 1.80 bits per heavy atom. The van der Waals surface area contributed by atoms with Crippen molar-refractivity contribution < 1.29 is 62.7 Å². The number of carboxylic acids is 1. The first-order valence-electron chi connectivity index (χ1n) is 3.12. The van der Waals surface area contributed by atoms with Crippen LogP contribution in [0.5, 0.6) is 0 Å². The van der Waals surface area contributed by atoms with Gasteiger partial charge in [0.15, 0.2) is 0 Å². The van der Waals surface area contributed by atoms with Crippen molar-refractivity contribution in [2.45, 2.75) is 26.3 Å². The van der Waals surface area contributed by atoms with Crippen LogP contribution in [0.25, 0.3) is 0 Å². The van der Waals surface area contributed by atoms with Crippen molar-refractivity contribution >= 4 is 5.97 Å². The zero-order valence-electron chi connectivity index (χ0n) is 7.85. The molecule has 1 unspecified atom stereocenters. The molecule has 0 aliphatic heterocycles. The fraction of sp³-hybridized carbons (Fsp3) is 0.833. The molecule has 3 nitrogen and oxygen atoms in total. The van der Waals surface area contributed by atoms with Gasteiger partial charge in [-0.2, -0.15) is 0 Å². The van der Waals surface area contributed by atoms with Gasteiger partial charge in [-0.3, -0.25) is 4.79 Å². The summed E-state index contributed by atoms with van der Waals surface area (Å²) in [6.07, 6.45) is 0.966. The summed E-state index contributed by atoms with van der Waals surface area (Å²) >= 11 is 0. The van der Waals surface area contributed by atoms with Crippen LogP contribution in [-0.4, -0.2) is 23.7 Å². The second-order valence-corrected chi connectivity index (χ2v) is 2.08. The Balaban J connectivity index is -0.000000320. The second-order valence-electron chi connectivity index (χ2n) is 2.08. The molecule has 0 heterocycles. The molecule has 0 fully saturated rings. The summed E-state index contributed by atoms with van der Waals surface area (Å²) in [7, 11) is 0. The summed E-state index contributed by atoms with van der Waals surface area (Å²) in [5.74, 6) is -0.796. The first kappa shape index (κ1) is 13.6. The van der Waals surface area contributed by atoms with E-state index in [1.54, 1.807) is 0 Å². The molecule has 10 heavy (non-hydrogen) atoms. The van der Waals surface area contributed by atoms with E-state index in [1.165, 1.54) is 0 Å². The molecule has 0 aliphatic rings. The molecule has 0 aromatic carbocycles. The number of carbonyl (C=O) groups is 1. The number of carboxylic acid groups (broad SMARTS) is 1. The molecule has 0 radical (unpaired) electrons. The third kappa shape index (κ3) is 9.07. The standard InChI is InChI=1S/C6H13NO2.K.H/c1-3-5(2)7-4-6(8)9;;/h5,7H,3-4H2,1-2H3,(H,8,9);;/q;+1;-1. The van der Waals surface area contributed by atoms with Crippen LogP contribution in [0.15, 0.2) is 0 Å². The number of rotatable bonds is 4. The topological polar surface area (TPSA) is 49.3 Å². The summed E-state index contributed by atoms with van der Waals surface area (Å²) in [4.78, 5) is 9.96. The van der Waals surface area contributed by atoms with Gasteiger partial charge in [0.05, 0.1) is 6.54 Å². The fourth-order valence-electron chi connectivity index (χ4n) is 0.406. The molecule has 0 aliphatic carbocycles. The monoisotopic (exact) mass is 171 g/mol. The van der Waals surface area contributed by atoms with Crippen molar-refractivity contribution in [1.82, 2.24) is 5.32 Å². The Labute approximate surface area is 105 Å². The van der Waals surface area contributed by atoms with Gasteiger partial charge >= 0.3 is 57.4 Å². The molecule has 0 bridgehead atoms. The zero-order chi connectivity index (χ0) is 7.28. The molecule has 0 spiro atoms. The molecule has 0 amide bonds. The molecule has 0 saturated heterocycles. The maximum Gasteiger partial charge on any atom is 1.00 e. The van der Waals surface area contributed by atoms with Crippen LogP contribution in [-0.2, 0) is 4.79 Å². The maximum absolute atomic E-state index is 9.96. The Kier molecular flexibility index (Phi) is 11.1. The van der Waals surface area contributed by atoms with Gasteiger partial charge in [-0.05, 0) is 13.3 Å². The smallest absolute Gasteiger partial charge is 1.00 e. The van der Waals surface area contributed by atoms with E-state index in [4.69, 9.17) is 5.11 Å². The van der Waals surface area contributed by atoms with Crippen LogP contribution in [0.1, 0.15) is 21.7 Å². The first-order valence-corrected chi connectivity index (χ1v) is 3.12. The van der Waals surface area contributed by atoms with Gasteiger partial charge in [0.2, 0.25) is 0 Å². The Hall–Kier alpha value is 1.07. The minimum atomic E-state index is -0.796. The van der Waals surface area contributed by atoms with Crippen molar-refractivity contribution in [3.8, 4) is 0 Å². The molecule has 0 rings (SSSR count). The second kappa shape index (κ2) is 8.17. The van der Waals surface area contributed by atoms with Crippen molar-refractivity contribution in [2.75, 3.05) is 6.54 Å². The summed E-state index contributed by atoms with van der Waals surface area (Å²) in [6, 6.07) is 0.307. The van der Waals surface area contributed by atoms with Crippen molar-refractivity contribution in [2.24, 2.45) is 0 Å². The maximum atomic E-state index is 9.96. The van der Waals surface area contributed by atoms with E-state index in [1.807, 2.05) is 13.8 Å². The van der Waals surface area contributed by atoms with Crippen LogP contribution in [0.3, 0.4) is 0 Å². The normalized spacial score (nSPS) is 11.8. The van der Waals surface area contributed by atoms with Crippen molar-refractivity contribution in [3.05, 3.63) is 0 Å². The predicted octanol–water partition coefficient (Wildman–Crippen LogP) is -2.42. The number of nitrogens with one attached hydrogen (secondary N) is 1. The van der Waals surface area contributed by atoms with Gasteiger partial charge in [0.25, 0.3) is 0 Å². The average molecular weight is 171 g/mol. The number of hydrogen-bond acceptors (Lipinski definition) is 2. The van der Waals surface area contributed by atoms with E-state index < -0.39 is 5.97 Å². The number of hydrogen-bond donors (Lipinski definition) is 2. The minimum Gasteiger partial charge on any atom is -1.00 e. The summed E-state index contributed by atoms with van der Waals surface area (Å²) in [6.45, 7) is 4.04. The van der Waals surface area contributed by atoms with Gasteiger partial charge in [0, 0.05) is 6.04 Å². The Morgan fingerprint density at radius 3 is 2.60 bits per heavy atom. The molecular formula is C6H14KNO2. The van der Waals surface area contributed by atoms with E-state index in [0.717, 1.165) is 6.42 Å². The van der Waals surface area contributed by atoms with Gasteiger partial charge in [-0.15, -0.1) is 0 Å². The van der Waals surface area contributed by atoms with Crippen LogP contribution < -0.4 is 56.7 Å². The molecule has 0 aromatic rings. The van der Waals surface area contributed by atoms with Crippen LogP contribution in [0.2, 0.25) is 0 Å². The molecule has 1 atom stereocenters. The van der Waals surface area contributed by atoms with Crippen LogP contribution >= 0.6 is 0 Å². The zero-order valence-corrected chi connectivity index (χ0v) is 9.97. The fourth-order valence-corrected chi connectivity index (χ4v) is 0.406. The van der Waals surface area contributed by atoms with E-state index in [0.29, 0.717) is 6.04 Å². The van der Waals surface area contributed by atoms with Gasteiger partial charge in [-0.25, -0.2) is 0 Å². The third-order valence-electron chi connectivity index (χ3n) is 1.21. The number of aliphatic carboxylic acids is 1. The summed E-state index contributed by atoms with van der Waals surface area (Å²) < 4.78 is 0. The first-order chi connectivity index (χ1) is 4.16. The van der Waals surface area contributed by atoms with Gasteiger partial charge in [0.1, 0.15) is 0 Å². The largest absolute Gasteiger partial charge is 1.00 e. The van der Waals surface area contributed by atoms with E-state index in [-0.39, 0.29) is 59.4 Å². The quantitative estimate of drug-likeness (QED) is 0.463. The van der Waals surface area contributed by atoms with Gasteiger partial charge in [-0.1, -0.05) is 6.92 Å².